The summed E-state index contributed by atoms with van der Waals surface area (Å²) < 4.78 is 0. The van der Waals surface area contributed by atoms with E-state index in [9.17, 15) is 4.79 Å². The number of fused-ring (bicyclic) bond motifs is 1. The molecule has 0 saturated carbocycles. The normalized spacial score (nSPS) is 15.0. The molecule has 0 aliphatic carbocycles. The number of hydroxylamine groups is 2. The van der Waals surface area contributed by atoms with Crippen LogP contribution in [0.5, 0.6) is 0 Å². The number of rotatable bonds is 3. The van der Waals surface area contributed by atoms with Crippen LogP contribution in [0, 0.1) is 0 Å². The minimum atomic E-state index is -0.534. The molecule has 0 radical (unpaired) electrons. The Balaban J connectivity index is 1.37. The Labute approximate surface area is 145 Å². The number of carbonyl (C=O) groups excluding carboxylic acids is 1. The zero-order chi connectivity index (χ0) is 17.1. The van der Waals surface area contributed by atoms with Crippen molar-refractivity contribution >= 4 is 28.4 Å². The molecule has 6 heteroatoms. The Hall–Kier alpha value is -3.12. The molecule has 1 amide bonds. The highest BCUT2D eigenvalue weighted by molar-refractivity contribution is 5.96. The number of hydrogen-bond acceptors (Lipinski definition) is 4. The van der Waals surface area contributed by atoms with E-state index in [1.54, 1.807) is 5.06 Å². The lowest BCUT2D eigenvalue weighted by Gasteiger charge is -2.24. The molecule has 2 N–H and O–H groups in total. The number of hydrogen-bond donors (Lipinski definition) is 2. The van der Waals surface area contributed by atoms with Crippen molar-refractivity contribution in [1.29, 1.82) is 0 Å². The van der Waals surface area contributed by atoms with Gasteiger partial charge in [-0.3, -0.25) is 10.4 Å². The van der Waals surface area contributed by atoms with E-state index in [-0.39, 0.29) is 0 Å². The molecule has 126 valence electrons. The van der Waals surface area contributed by atoms with E-state index in [4.69, 9.17) is 4.84 Å². The first-order valence-corrected chi connectivity index (χ1v) is 8.21. The van der Waals surface area contributed by atoms with Gasteiger partial charge in [-0.05, 0) is 29.7 Å². The lowest BCUT2D eigenvalue weighted by molar-refractivity contribution is -0.0851. The van der Waals surface area contributed by atoms with Gasteiger partial charge in [0.1, 0.15) is 0 Å². The Morgan fingerprint density at radius 3 is 2.72 bits per heavy atom. The fraction of sp³-hybridized carbons (Fsp3) is 0.158. The van der Waals surface area contributed by atoms with Gasteiger partial charge in [-0.2, -0.15) is 5.10 Å². The summed E-state index contributed by atoms with van der Waals surface area (Å²) >= 11 is 0. The van der Waals surface area contributed by atoms with Gasteiger partial charge in [0.15, 0.2) is 5.82 Å². The number of aromatic amines is 1. The molecule has 4 rings (SSSR count). The van der Waals surface area contributed by atoms with Crippen molar-refractivity contribution in [3.05, 3.63) is 66.2 Å². The zero-order valence-electron chi connectivity index (χ0n) is 13.6. The Morgan fingerprint density at radius 2 is 1.92 bits per heavy atom. The maximum absolute atomic E-state index is 12.1. The molecule has 0 bridgehead atoms. The van der Waals surface area contributed by atoms with Crippen LogP contribution < -0.4 is 5.32 Å². The molecule has 0 fully saturated rings. The average Bonchev–Trinajstić information content (AvgIpc) is 3.06. The summed E-state index contributed by atoms with van der Waals surface area (Å²) in [4.78, 5) is 17.5. The van der Waals surface area contributed by atoms with Crippen molar-refractivity contribution < 1.29 is 9.63 Å². The smallest absolute Gasteiger partial charge is 0.350 e. The van der Waals surface area contributed by atoms with Gasteiger partial charge in [0.2, 0.25) is 0 Å². The largest absolute Gasteiger partial charge is 0.432 e. The second-order valence-corrected chi connectivity index (χ2v) is 5.85. The third-order valence-corrected chi connectivity index (χ3v) is 4.22. The van der Waals surface area contributed by atoms with Gasteiger partial charge in [0, 0.05) is 11.9 Å². The van der Waals surface area contributed by atoms with Crippen LogP contribution in [-0.2, 0) is 4.84 Å². The minimum Gasteiger partial charge on any atom is -0.350 e. The SMILES string of the molecule is O=C(Nc1n[nH]c2ccccc12)ON1CC=C(c2ccccc2)CC1. The second kappa shape index (κ2) is 6.78. The first kappa shape index (κ1) is 15.4. The Kier molecular flexibility index (Phi) is 4.18. The monoisotopic (exact) mass is 334 g/mol. The second-order valence-electron chi connectivity index (χ2n) is 5.85. The molecular formula is C19H18N4O2. The molecule has 1 aliphatic heterocycles. The quantitative estimate of drug-likeness (QED) is 0.764. The summed E-state index contributed by atoms with van der Waals surface area (Å²) in [6.07, 6.45) is 2.40. The summed E-state index contributed by atoms with van der Waals surface area (Å²) in [6.45, 7) is 1.23. The molecule has 0 spiro atoms. The lowest BCUT2D eigenvalue weighted by atomic mass is 10.0. The molecule has 2 heterocycles. The highest BCUT2D eigenvalue weighted by Gasteiger charge is 2.18. The number of H-pyrrole nitrogens is 1. The van der Waals surface area contributed by atoms with E-state index in [1.807, 2.05) is 42.5 Å². The number of amides is 1. The van der Waals surface area contributed by atoms with Crippen molar-refractivity contribution in [2.75, 3.05) is 18.4 Å². The molecule has 25 heavy (non-hydrogen) atoms. The van der Waals surface area contributed by atoms with E-state index >= 15 is 0 Å². The predicted molar refractivity (Wildman–Crippen MR) is 96.8 cm³/mol. The van der Waals surface area contributed by atoms with E-state index in [2.05, 4.69) is 33.7 Å². The van der Waals surface area contributed by atoms with Crippen molar-refractivity contribution in [2.45, 2.75) is 6.42 Å². The van der Waals surface area contributed by atoms with Crippen LogP contribution in [0.1, 0.15) is 12.0 Å². The van der Waals surface area contributed by atoms with Crippen LogP contribution in [0.15, 0.2) is 60.7 Å². The number of aromatic nitrogens is 2. The molecule has 0 atom stereocenters. The molecule has 6 nitrogen and oxygen atoms in total. The maximum atomic E-state index is 12.1. The van der Waals surface area contributed by atoms with Gasteiger partial charge in [-0.25, -0.2) is 4.79 Å². The van der Waals surface area contributed by atoms with Crippen molar-refractivity contribution in [3.8, 4) is 0 Å². The van der Waals surface area contributed by atoms with Crippen molar-refractivity contribution in [1.82, 2.24) is 15.3 Å². The molecule has 0 saturated heterocycles. The first-order chi connectivity index (χ1) is 12.3. The third-order valence-electron chi connectivity index (χ3n) is 4.22. The molecule has 1 aliphatic rings. The summed E-state index contributed by atoms with van der Waals surface area (Å²) in [6, 6.07) is 17.9. The number of para-hydroxylation sites is 1. The molecule has 3 aromatic rings. The van der Waals surface area contributed by atoms with E-state index in [1.165, 1.54) is 11.1 Å². The molecule has 1 aromatic heterocycles. The number of anilines is 1. The predicted octanol–water partition coefficient (Wildman–Crippen LogP) is 3.82. The Bertz CT molecular complexity index is 917. The highest BCUT2D eigenvalue weighted by atomic mass is 16.7. The standard InChI is InChI=1S/C19H18N4O2/c24-19(20-18-16-8-4-5-9-17(16)21-22-18)25-23-12-10-15(11-13-23)14-6-2-1-3-7-14/h1-10H,11-13H2,(H2,20,21,22,24). The average molecular weight is 334 g/mol. The van der Waals surface area contributed by atoms with E-state index in [0.717, 1.165) is 17.3 Å². The van der Waals surface area contributed by atoms with Gasteiger partial charge < -0.3 is 4.84 Å². The van der Waals surface area contributed by atoms with Crippen LogP contribution in [0.4, 0.5) is 10.6 Å². The van der Waals surface area contributed by atoms with Crippen LogP contribution in [0.2, 0.25) is 0 Å². The molecule has 0 unspecified atom stereocenters. The number of benzene rings is 2. The van der Waals surface area contributed by atoms with Crippen molar-refractivity contribution in [3.63, 3.8) is 0 Å². The van der Waals surface area contributed by atoms with Crippen LogP contribution in [0.25, 0.3) is 16.5 Å². The lowest BCUT2D eigenvalue weighted by Crippen LogP contribution is -2.33. The maximum Gasteiger partial charge on any atom is 0.432 e. The van der Waals surface area contributed by atoms with Gasteiger partial charge >= 0.3 is 6.09 Å². The summed E-state index contributed by atoms with van der Waals surface area (Å²) in [5, 5.41) is 12.2. The number of nitrogens with zero attached hydrogens (tertiary/aromatic N) is 2. The molecular weight excluding hydrogens is 316 g/mol. The summed E-state index contributed by atoms with van der Waals surface area (Å²) in [5.41, 5.74) is 3.36. The van der Waals surface area contributed by atoms with E-state index in [0.29, 0.717) is 18.9 Å². The van der Waals surface area contributed by atoms with Gasteiger partial charge in [-0.1, -0.05) is 48.5 Å². The van der Waals surface area contributed by atoms with E-state index < -0.39 is 6.09 Å². The number of carbonyl (C=O) groups is 1. The van der Waals surface area contributed by atoms with Crippen LogP contribution >= 0.6 is 0 Å². The van der Waals surface area contributed by atoms with Gasteiger partial charge in [0.05, 0.1) is 12.1 Å². The van der Waals surface area contributed by atoms with Crippen molar-refractivity contribution in [2.24, 2.45) is 0 Å². The first-order valence-electron chi connectivity index (χ1n) is 8.21. The van der Waals surface area contributed by atoms with Crippen LogP contribution in [0.3, 0.4) is 0 Å². The molecule has 2 aromatic carbocycles. The fourth-order valence-corrected chi connectivity index (χ4v) is 2.94. The topological polar surface area (TPSA) is 70.2 Å². The highest BCUT2D eigenvalue weighted by Crippen LogP contribution is 2.23. The Morgan fingerprint density at radius 1 is 1.12 bits per heavy atom. The summed E-state index contributed by atoms with van der Waals surface area (Å²) in [5.74, 6) is 0.470. The van der Waals surface area contributed by atoms with Gasteiger partial charge in [0.25, 0.3) is 0 Å². The zero-order valence-corrected chi connectivity index (χ0v) is 13.6. The third kappa shape index (κ3) is 3.39. The summed E-state index contributed by atoms with van der Waals surface area (Å²) in [7, 11) is 0. The minimum absolute atomic E-state index is 0.470. The van der Waals surface area contributed by atoms with Gasteiger partial charge in [-0.15, -0.1) is 5.06 Å². The van der Waals surface area contributed by atoms with Crippen LogP contribution in [-0.4, -0.2) is 34.4 Å². The fourth-order valence-electron chi connectivity index (χ4n) is 2.94. The number of nitrogens with one attached hydrogen (secondary N) is 2.